The van der Waals surface area contributed by atoms with E-state index in [-0.39, 0.29) is 11.9 Å². The summed E-state index contributed by atoms with van der Waals surface area (Å²) in [4.78, 5) is 15.2. The van der Waals surface area contributed by atoms with Gasteiger partial charge in [0.15, 0.2) is 0 Å². The zero-order chi connectivity index (χ0) is 21.3. The summed E-state index contributed by atoms with van der Waals surface area (Å²) in [6.07, 6.45) is 2.86. The van der Waals surface area contributed by atoms with Crippen molar-refractivity contribution in [3.63, 3.8) is 0 Å². The van der Waals surface area contributed by atoms with Crippen LogP contribution >= 0.6 is 11.6 Å². The molecule has 1 atom stereocenters. The average Bonchev–Trinajstić information content (AvgIpc) is 3.03. The van der Waals surface area contributed by atoms with Gasteiger partial charge >= 0.3 is 0 Å². The Morgan fingerprint density at radius 1 is 1.30 bits per heavy atom. The molecule has 0 aromatic heterocycles. The summed E-state index contributed by atoms with van der Waals surface area (Å²) < 4.78 is 6.00. The van der Waals surface area contributed by atoms with Crippen molar-refractivity contribution in [2.75, 3.05) is 37.4 Å². The van der Waals surface area contributed by atoms with Crippen molar-refractivity contribution >= 4 is 35.1 Å². The molecule has 158 valence electrons. The highest BCUT2D eigenvalue weighted by Crippen LogP contribution is 2.46. The molecular formula is C23H27ClN4O2. The van der Waals surface area contributed by atoms with Gasteiger partial charge in [0.25, 0.3) is 0 Å². The van der Waals surface area contributed by atoms with Crippen LogP contribution in [0.4, 0.5) is 11.4 Å². The predicted octanol–water partition coefficient (Wildman–Crippen LogP) is 4.13. The predicted molar refractivity (Wildman–Crippen MR) is 121 cm³/mol. The van der Waals surface area contributed by atoms with E-state index in [1.165, 1.54) is 6.21 Å². The third kappa shape index (κ3) is 3.66. The molecule has 0 saturated carbocycles. The molecule has 2 aromatic carbocycles. The van der Waals surface area contributed by atoms with Crippen LogP contribution in [0.25, 0.3) is 0 Å². The summed E-state index contributed by atoms with van der Waals surface area (Å²) in [5.41, 5.74) is 3.15. The van der Waals surface area contributed by atoms with Crippen molar-refractivity contribution in [2.45, 2.75) is 31.2 Å². The minimum atomic E-state index is -0.473. The smallest absolute Gasteiger partial charge is 0.235 e. The number of nitrogens with one attached hydrogen (secondary N) is 3. The quantitative estimate of drug-likeness (QED) is 0.607. The summed E-state index contributed by atoms with van der Waals surface area (Å²) in [7, 11) is 1.84. The van der Waals surface area contributed by atoms with E-state index in [9.17, 15) is 4.79 Å². The first-order valence-corrected chi connectivity index (χ1v) is 10.7. The van der Waals surface area contributed by atoms with E-state index in [2.05, 4.69) is 22.5 Å². The second kappa shape index (κ2) is 8.28. The van der Waals surface area contributed by atoms with Crippen LogP contribution in [-0.2, 0) is 10.2 Å². The Balaban J connectivity index is 1.39. The molecule has 30 heavy (non-hydrogen) atoms. The van der Waals surface area contributed by atoms with Crippen LogP contribution in [0.15, 0.2) is 36.4 Å². The Morgan fingerprint density at radius 2 is 2.07 bits per heavy atom. The molecule has 1 amide bonds. The third-order valence-corrected chi connectivity index (χ3v) is 6.63. The number of fused-ring (bicyclic) bond motifs is 2. The zero-order valence-electron chi connectivity index (χ0n) is 17.3. The lowest BCUT2D eigenvalue weighted by molar-refractivity contribution is -0.122. The average molecular weight is 427 g/mol. The normalized spacial score (nSPS) is 18.6. The highest BCUT2D eigenvalue weighted by Gasteiger charge is 2.48. The first-order chi connectivity index (χ1) is 14.5. The summed E-state index contributed by atoms with van der Waals surface area (Å²) in [6, 6.07) is 11.6. The van der Waals surface area contributed by atoms with Gasteiger partial charge in [-0.15, -0.1) is 0 Å². The van der Waals surface area contributed by atoms with Crippen molar-refractivity contribution in [1.82, 2.24) is 4.90 Å². The van der Waals surface area contributed by atoms with Crippen LogP contribution in [0, 0.1) is 5.41 Å². The van der Waals surface area contributed by atoms with Gasteiger partial charge in [0.1, 0.15) is 12.4 Å². The summed E-state index contributed by atoms with van der Waals surface area (Å²) in [5.74, 6) is 0.846. The van der Waals surface area contributed by atoms with Gasteiger partial charge in [-0.05, 0) is 74.8 Å². The lowest BCUT2D eigenvalue weighted by Crippen LogP contribution is -2.50. The van der Waals surface area contributed by atoms with Crippen molar-refractivity contribution in [1.29, 1.82) is 5.41 Å². The van der Waals surface area contributed by atoms with Crippen LogP contribution in [0.2, 0.25) is 5.02 Å². The van der Waals surface area contributed by atoms with Crippen LogP contribution in [0.1, 0.15) is 30.9 Å². The van der Waals surface area contributed by atoms with Gasteiger partial charge in [0.2, 0.25) is 5.91 Å². The van der Waals surface area contributed by atoms with Gasteiger partial charge in [-0.3, -0.25) is 9.69 Å². The number of ether oxygens (including phenoxy) is 1. The van der Waals surface area contributed by atoms with Gasteiger partial charge in [-0.25, -0.2) is 0 Å². The summed E-state index contributed by atoms with van der Waals surface area (Å²) in [5, 5.41) is 14.3. The Kier molecular flexibility index (Phi) is 5.71. The molecule has 3 N–H and O–H groups in total. The van der Waals surface area contributed by atoms with Gasteiger partial charge in [-0.2, -0.15) is 0 Å². The summed E-state index contributed by atoms with van der Waals surface area (Å²) in [6.45, 7) is 4.36. The third-order valence-electron chi connectivity index (χ3n) is 6.39. The minimum absolute atomic E-state index is 0.0899. The fraction of sp³-hybridized carbons (Fsp3) is 0.391. The van der Waals surface area contributed by atoms with Crippen LogP contribution < -0.4 is 15.4 Å². The molecule has 0 aliphatic carbocycles. The number of halogens is 1. The number of amides is 1. The first-order valence-electron chi connectivity index (χ1n) is 10.3. The van der Waals surface area contributed by atoms with Crippen LogP contribution in [0.3, 0.4) is 0 Å². The molecule has 6 nitrogen and oxygen atoms in total. The lowest BCUT2D eigenvalue weighted by Gasteiger charge is -2.40. The maximum absolute atomic E-state index is 12.8. The number of rotatable bonds is 6. The maximum atomic E-state index is 12.8. The molecule has 1 spiro atoms. The second-order valence-corrected chi connectivity index (χ2v) is 8.50. The molecule has 0 unspecified atom stereocenters. The van der Waals surface area contributed by atoms with E-state index in [1.807, 2.05) is 43.4 Å². The number of benzene rings is 2. The number of piperidine rings is 1. The Hall–Kier alpha value is -2.57. The second-order valence-electron chi connectivity index (χ2n) is 8.07. The summed E-state index contributed by atoms with van der Waals surface area (Å²) >= 11 is 6.21. The lowest BCUT2D eigenvalue weighted by atomic mass is 9.73. The topological polar surface area (TPSA) is 77.5 Å². The molecule has 0 bridgehead atoms. The minimum Gasteiger partial charge on any atom is -0.492 e. The van der Waals surface area contributed by atoms with Gasteiger partial charge in [0.05, 0.1) is 5.41 Å². The number of nitrogens with zero attached hydrogens (tertiary/aromatic N) is 1. The number of carbonyl (C=O) groups excluding carboxylic acids is 1. The van der Waals surface area contributed by atoms with Crippen molar-refractivity contribution in [2.24, 2.45) is 0 Å². The molecule has 4 rings (SSSR count). The molecule has 0 radical (unpaired) electrons. The fourth-order valence-corrected chi connectivity index (χ4v) is 4.70. The highest BCUT2D eigenvalue weighted by molar-refractivity contribution is 6.31. The van der Waals surface area contributed by atoms with Gasteiger partial charge in [0, 0.05) is 41.3 Å². The molecule has 2 aliphatic rings. The Bertz CT molecular complexity index is 970. The number of hydrogen-bond acceptors (Lipinski definition) is 5. The standard InChI is InChI=1S/C23H27ClN4O2/c1-15(14-30-18-4-6-20(26-2)16(11-18)13-25)28-9-7-23(8-10-28)19-12-17(24)3-5-21(19)27-22(23)29/h3-6,11-13,15,25-26H,7-10,14H2,1-2H3,(H,27,29)/t15-/m0/s1. The highest BCUT2D eigenvalue weighted by atomic mass is 35.5. The first kappa shape index (κ1) is 20.7. The van der Waals surface area contributed by atoms with Crippen LogP contribution in [0.5, 0.6) is 5.75 Å². The number of anilines is 2. The Labute approximate surface area is 182 Å². The van der Waals surface area contributed by atoms with E-state index in [0.29, 0.717) is 11.6 Å². The molecule has 2 heterocycles. The monoisotopic (exact) mass is 426 g/mol. The molecule has 1 fully saturated rings. The molecule has 7 heteroatoms. The fourth-order valence-electron chi connectivity index (χ4n) is 4.53. The van der Waals surface area contributed by atoms with Crippen molar-refractivity contribution in [3.05, 3.63) is 52.5 Å². The van der Waals surface area contributed by atoms with E-state index in [1.54, 1.807) is 0 Å². The SMILES string of the molecule is CNc1ccc(OC[C@H](C)N2CCC3(CC2)C(=O)Nc2ccc(Cl)cc23)cc1C=N. The largest absolute Gasteiger partial charge is 0.492 e. The van der Waals surface area contributed by atoms with E-state index in [0.717, 1.165) is 54.2 Å². The molecule has 1 saturated heterocycles. The molecule has 2 aliphatic heterocycles. The van der Waals surface area contributed by atoms with E-state index >= 15 is 0 Å². The van der Waals surface area contributed by atoms with Gasteiger partial charge < -0.3 is 20.8 Å². The zero-order valence-corrected chi connectivity index (χ0v) is 18.1. The van der Waals surface area contributed by atoms with Crippen LogP contribution in [-0.4, -0.2) is 49.8 Å². The van der Waals surface area contributed by atoms with Crippen molar-refractivity contribution < 1.29 is 9.53 Å². The molecular weight excluding hydrogens is 400 g/mol. The number of hydrogen-bond donors (Lipinski definition) is 3. The van der Waals surface area contributed by atoms with E-state index < -0.39 is 5.41 Å². The van der Waals surface area contributed by atoms with E-state index in [4.69, 9.17) is 21.7 Å². The number of carbonyl (C=O) groups is 1. The molecule has 2 aromatic rings. The van der Waals surface area contributed by atoms with Gasteiger partial charge in [-0.1, -0.05) is 11.6 Å². The van der Waals surface area contributed by atoms with Crippen molar-refractivity contribution in [3.8, 4) is 5.75 Å². The number of likely N-dealkylation sites (tertiary alicyclic amines) is 1. The maximum Gasteiger partial charge on any atom is 0.235 e. The Morgan fingerprint density at radius 3 is 2.77 bits per heavy atom.